The van der Waals surface area contributed by atoms with Gasteiger partial charge in [-0.05, 0) is 24.3 Å². The fourth-order valence-electron chi connectivity index (χ4n) is 3.00. The maximum Gasteiger partial charge on any atom is 0.243 e. The molecular formula is C18H22N2O7S. The molecule has 2 N–H and O–H groups in total. The predicted molar refractivity (Wildman–Crippen MR) is 99.6 cm³/mol. The topological polar surface area (TPSA) is 121 Å². The Labute approximate surface area is 162 Å². The van der Waals surface area contributed by atoms with E-state index in [9.17, 15) is 18.3 Å². The summed E-state index contributed by atoms with van der Waals surface area (Å²) in [6, 6.07) is 7.25. The highest BCUT2D eigenvalue weighted by Gasteiger charge is 2.29. The third-order valence-corrected chi connectivity index (χ3v) is 6.51. The summed E-state index contributed by atoms with van der Waals surface area (Å²) in [7, 11) is -2.10. The van der Waals surface area contributed by atoms with E-state index in [0.717, 1.165) is 6.07 Å². The Morgan fingerprint density at radius 1 is 1.14 bits per heavy atom. The summed E-state index contributed by atoms with van der Waals surface area (Å²) in [4.78, 5) is 13.8. The van der Waals surface area contributed by atoms with E-state index in [1.807, 2.05) is 4.90 Å². The fourth-order valence-corrected chi connectivity index (χ4v) is 4.42. The molecule has 0 saturated carbocycles. The third kappa shape index (κ3) is 4.20. The lowest BCUT2D eigenvalue weighted by atomic mass is 10.2. The molecule has 2 heterocycles. The molecule has 1 aliphatic rings. The molecule has 1 aromatic heterocycles. The molecule has 28 heavy (non-hydrogen) atoms. The molecule has 0 amide bonds. The van der Waals surface area contributed by atoms with Gasteiger partial charge in [0.25, 0.3) is 0 Å². The van der Waals surface area contributed by atoms with Gasteiger partial charge in [0.2, 0.25) is 21.2 Å². The van der Waals surface area contributed by atoms with Crippen LogP contribution >= 0.6 is 0 Å². The number of aliphatic hydroxyl groups excluding tert-OH is 1. The smallest absolute Gasteiger partial charge is 0.243 e. The first-order valence-electron chi connectivity index (χ1n) is 8.67. The standard InChI is InChI=1S/C18H22N2O7S/c1-26-13-2-4-15(5-3-13)28(24,25)20-8-6-19(7-9-20)11-17-18(23)16(22)10-14(12-21)27-17/h2-5,10,21,23H,6-9,11-12H2,1H3. The number of hydrogen-bond donors (Lipinski definition) is 2. The number of methoxy groups -OCH3 is 1. The van der Waals surface area contributed by atoms with Crippen LogP contribution in [-0.2, 0) is 23.2 Å². The van der Waals surface area contributed by atoms with Gasteiger partial charge < -0.3 is 19.4 Å². The van der Waals surface area contributed by atoms with Crippen LogP contribution in [0, 0.1) is 0 Å². The van der Waals surface area contributed by atoms with Gasteiger partial charge in [0.15, 0.2) is 5.76 Å². The highest BCUT2D eigenvalue weighted by Crippen LogP contribution is 2.22. The molecule has 1 aliphatic heterocycles. The van der Waals surface area contributed by atoms with E-state index in [-0.39, 0.29) is 36.1 Å². The number of aliphatic hydroxyl groups is 1. The molecule has 9 nitrogen and oxygen atoms in total. The van der Waals surface area contributed by atoms with Crippen LogP contribution in [0.1, 0.15) is 11.5 Å². The summed E-state index contributed by atoms with van der Waals surface area (Å²) >= 11 is 0. The molecule has 3 rings (SSSR count). The van der Waals surface area contributed by atoms with Gasteiger partial charge in [-0.2, -0.15) is 4.31 Å². The van der Waals surface area contributed by atoms with Gasteiger partial charge in [-0.15, -0.1) is 0 Å². The number of benzene rings is 1. The monoisotopic (exact) mass is 410 g/mol. The molecule has 1 fully saturated rings. The molecule has 0 unspecified atom stereocenters. The highest BCUT2D eigenvalue weighted by atomic mass is 32.2. The fraction of sp³-hybridized carbons (Fsp3) is 0.389. The third-order valence-electron chi connectivity index (χ3n) is 4.60. The molecule has 2 aromatic rings. The van der Waals surface area contributed by atoms with Crippen LogP contribution in [0.15, 0.2) is 44.4 Å². The number of hydrogen-bond acceptors (Lipinski definition) is 8. The number of piperazine rings is 1. The highest BCUT2D eigenvalue weighted by molar-refractivity contribution is 7.89. The number of aromatic hydroxyl groups is 1. The largest absolute Gasteiger partial charge is 0.502 e. The molecule has 1 saturated heterocycles. The van der Waals surface area contributed by atoms with Crippen LogP contribution in [0.2, 0.25) is 0 Å². The van der Waals surface area contributed by atoms with Crippen molar-refractivity contribution >= 4 is 10.0 Å². The zero-order valence-electron chi connectivity index (χ0n) is 15.4. The van der Waals surface area contributed by atoms with Crippen molar-refractivity contribution in [2.45, 2.75) is 18.0 Å². The first kappa shape index (κ1) is 20.3. The first-order valence-corrected chi connectivity index (χ1v) is 10.1. The zero-order chi connectivity index (χ0) is 20.3. The Bertz CT molecular complexity index is 978. The second-order valence-corrected chi connectivity index (χ2v) is 8.30. The van der Waals surface area contributed by atoms with Gasteiger partial charge in [-0.3, -0.25) is 9.69 Å². The summed E-state index contributed by atoms with van der Waals surface area (Å²) < 4.78 is 37.3. The van der Waals surface area contributed by atoms with E-state index in [2.05, 4.69) is 0 Å². The van der Waals surface area contributed by atoms with Gasteiger partial charge in [0.05, 0.1) is 18.6 Å². The zero-order valence-corrected chi connectivity index (χ0v) is 16.2. The van der Waals surface area contributed by atoms with Crippen molar-refractivity contribution in [1.82, 2.24) is 9.21 Å². The van der Waals surface area contributed by atoms with E-state index in [1.54, 1.807) is 12.1 Å². The van der Waals surface area contributed by atoms with Crippen molar-refractivity contribution < 1.29 is 27.8 Å². The minimum atomic E-state index is -3.61. The molecule has 0 spiro atoms. The number of rotatable bonds is 6. The lowest BCUT2D eigenvalue weighted by Crippen LogP contribution is -2.48. The Morgan fingerprint density at radius 2 is 1.79 bits per heavy atom. The Morgan fingerprint density at radius 3 is 2.36 bits per heavy atom. The summed E-state index contributed by atoms with van der Waals surface area (Å²) in [5.41, 5.74) is -0.619. The molecule has 152 valence electrons. The summed E-state index contributed by atoms with van der Waals surface area (Å²) in [6.07, 6.45) is 0. The second-order valence-electron chi connectivity index (χ2n) is 6.36. The molecular weight excluding hydrogens is 388 g/mol. The van der Waals surface area contributed by atoms with Crippen LogP contribution in [0.5, 0.6) is 11.5 Å². The van der Waals surface area contributed by atoms with Gasteiger partial charge in [-0.1, -0.05) is 0 Å². The normalized spacial score (nSPS) is 16.2. The second kappa shape index (κ2) is 8.31. The van der Waals surface area contributed by atoms with E-state index >= 15 is 0 Å². The average Bonchev–Trinajstić information content (AvgIpc) is 2.71. The average molecular weight is 410 g/mol. The number of nitrogens with zero attached hydrogens (tertiary/aromatic N) is 2. The van der Waals surface area contributed by atoms with Crippen molar-refractivity contribution in [1.29, 1.82) is 0 Å². The van der Waals surface area contributed by atoms with E-state index in [1.165, 1.54) is 23.5 Å². The molecule has 1 aromatic carbocycles. The van der Waals surface area contributed by atoms with E-state index in [4.69, 9.17) is 14.3 Å². The van der Waals surface area contributed by atoms with Crippen molar-refractivity contribution in [3.63, 3.8) is 0 Å². The lowest BCUT2D eigenvalue weighted by molar-refractivity contribution is 0.160. The van der Waals surface area contributed by atoms with Crippen molar-refractivity contribution in [3.05, 3.63) is 52.1 Å². The molecule has 10 heteroatoms. The maximum absolute atomic E-state index is 12.8. The maximum atomic E-state index is 12.8. The van der Waals surface area contributed by atoms with E-state index < -0.39 is 27.8 Å². The van der Waals surface area contributed by atoms with Crippen LogP contribution in [0.4, 0.5) is 0 Å². The van der Waals surface area contributed by atoms with Gasteiger partial charge in [-0.25, -0.2) is 8.42 Å². The molecule has 0 aliphatic carbocycles. The van der Waals surface area contributed by atoms with Crippen molar-refractivity contribution in [2.75, 3.05) is 33.3 Å². The van der Waals surface area contributed by atoms with Crippen LogP contribution in [0.3, 0.4) is 0 Å². The molecule has 0 radical (unpaired) electrons. The minimum Gasteiger partial charge on any atom is -0.502 e. The van der Waals surface area contributed by atoms with Crippen LogP contribution in [-0.4, -0.2) is 61.1 Å². The SMILES string of the molecule is COc1ccc(S(=O)(=O)N2CCN(Cc3oc(CO)cc(=O)c3O)CC2)cc1. The molecule has 0 bridgehead atoms. The van der Waals surface area contributed by atoms with Gasteiger partial charge in [0, 0.05) is 32.2 Å². The van der Waals surface area contributed by atoms with Crippen LogP contribution < -0.4 is 10.2 Å². The Balaban J connectivity index is 1.67. The first-order chi connectivity index (χ1) is 13.3. The van der Waals surface area contributed by atoms with Crippen LogP contribution in [0.25, 0.3) is 0 Å². The summed E-state index contributed by atoms with van der Waals surface area (Å²) in [5.74, 6) is 0.210. The van der Waals surface area contributed by atoms with E-state index in [0.29, 0.717) is 18.8 Å². The summed E-state index contributed by atoms with van der Waals surface area (Å²) in [6.45, 7) is 1.03. The minimum absolute atomic E-state index is 0.0583. The lowest BCUT2D eigenvalue weighted by Gasteiger charge is -2.33. The molecule has 0 atom stereocenters. The Hall–Kier alpha value is -2.40. The number of ether oxygens (including phenoxy) is 1. The van der Waals surface area contributed by atoms with Gasteiger partial charge >= 0.3 is 0 Å². The van der Waals surface area contributed by atoms with Gasteiger partial charge in [0.1, 0.15) is 18.1 Å². The number of sulfonamides is 1. The van der Waals surface area contributed by atoms with Crippen molar-refractivity contribution in [2.24, 2.45) is 0 Å². The Kier molecular flexibility index (Phi) is 6.04. The van der Waals surface area contributed by atoms with Crippen molar-refractivity contribution in [3.8, 4) is 11.5 Å². The summed E-state index contributed by atoms with van der Waals surface area (Å²) in [5, 5.41) is 19.0. The quantitative estimate of drug-likeness (QED) is 0.700. The predicted octanol–water partition coefficient (Wildman–Crippen LogP) is 0.353.